The zero-order valence-electron chi connectivity index (χ0n) is 32.6. The third-order valence-electron chi connectivity index (χ3n) is 6.34. The van der Waals surface area contributed by atoms with Crippen molar-refractivity contribution in [2.45, 2.75) is 152 Å². The Morgan fingerprint density at radius 2 is 1.05 bits per heavy atom. The van der Waals surface area contributed by atoms with E-state index in [4.69, 9.17) is 74.3 Å². The number of aliphatic imine (C=N–C) groups is 2. The first kappa shape index (κ1) is 69.8. The number of aliphatic hydroxyl groups excluding tert-OH is 8. The Balaban J connectivity index is -0.000000110. The number of aliphatic hydroxyl groups is 12. The van der Waals surface area contributed by atoms with E-state index in [2.05, 4.69) is 20.6 Å². The standard InChI is InChI=1S/C12H20ClN2O.C12H16ClN2O.4C2H6O2.2CH4O.3Mn/c2*13-9-4-5-12(16)11(7-9)15-8-10-3-1-2-6-14-10;4*1-2(3)4;2*1-2;;;/h8-12,16H,1-7H2;1-3,8-9,11-12,16H,4-7H2;4*2-4H,1H3;2*2H,1H3;;;/q2*-1;;;;;;;;;. The molecule has 2 aliphatic heterocycles. The van der Waals surface area contributed by atoms with Crippen molar-refractivity contribution in [2.75, 3.05) is 27.3 Å². The summed E-state index contributed by atoms with van der Waals surface area (Å²) in [6, 6.07) is 0.197. The van der Waals surface area contributed by atoms with Crippen LogP contribution in [-0.4, -0.2) is 167 Å². The molecule has 12 N–H and O–H groups in total. The molecule has 1 saturated heterocycles. The zero-order chi connectivity index (χ0) is 41.1. The fourth-order valence-electron chi connectivity index (χ4n) is 4.32. The average Bonchev–Trinajstić information content (AvgIpc) is 3.08. The summed E-state index contributed by atoms with van der Waals surface area (Å²) in [6.07, 6.45) is 12.6. The van der Waals surface area contributed by atoms with Crippen molar-refractivity contribution in [2.24, 2.45) is 9.98 Å². The van der Waals surface area contributed by atoms with Crippen molar-refractivity contribution < 1.29 is 112 Å². The van der Waals surface area contributed by atoms with E-state index in [1.807, 2.05) is 24.4 Å². The molecule has 0 aromatic rings. The molecule has 4 rings (SSSR count). The monoisotopic (exact) mass is 959 g/mol. The minimum Gasteiger partial charge on any atom is -0.680 e. The Morgan fingerprint density at radius 1 is 0.655 bits per heavy atom. The maximum absolute atomic E-state index is 9.81. The van der Waals surface area contributed by atoms with Gasteiger partial charge in [0.05, 0.1) is 24.3 Å². The van der Waals surface area contributed by atoms with Crippen LogP contribution in [0.2, 0.25) is 0 Å². The van der Waals surface area contributed by atoms with Gasteiger partial charge >= 0.3 is 0 Å². The van der Waals surface area contributed by atoms with Gasteiger partial charge in [-0.25, -0.2) is 0 Å². The molecule has 0 aromatic heterocycles. The van der Waals surface area contributed by atoms with E-state index in [0.29, 0.717) is 6.54 Å². The van der Waals surface area contributed by atoms with Crippen molar-refractivity contribution >= 4 is 35.6 Å². The zero-order valence-corrected chi connectivity index (χ0v) is 37.6. The molecule has 2 heterocycles. The van der Waals surface area contributed by atoms with Crippen LogP contribution >= 0.6 is 23.2 Å². The van der Waals surface area contributed by atoms with Crippen LogP contribution < -0.4 is 0 Å². The predicted octanol–water partition coefficient (Wildman–Crippen LogP) is 1.39. The van der Waals surface area contributed by atoms with Gasteiger partial charge in [0, 0.05) is 82.4 Å². The van der Waals surface area contributed by atoms with Crippen molar-refractivity contribution in [3.63, 3.8) is 0 Å². The number of hydrogen-bond donors (Lipinski definition) is 12. The van der Waals surface area contributed by atoms with Gasteiger partial charge in [0.1, 0.15) is 25.2 Å². The normalized spacial score (nSPS) is 25.0. The molecule has 3 fully saturated rings. The van der Waals surface area contributed by atoms with Crippen LogP contribution in [-0.2, 0) is 51.2 Å². The molecule has 3 radical (unpaired) electrons. The van der Waals surface area contributed by atoms with Crippen LogP contribution in [0, 0.1) is 0 Å². The molecule has 0 spiro atoms. The van der Waals surface area contributed by atoms with E-state index in [9.17, 15) is 10.2 Å². The molecule has 7 unspecified atom stereocenters. The summed E-state index contributed by atoms with van der Waals surface area (Å²) in [4.78, 5) is 8.87. The molecule has 0 bridgehead atoms. The molecule has 0 amide bonds. The van der Waals surface area contributed by atoms with E-state index >= 15 is 0 Å². The van der Waals surface area contributed by atoms with Crippen molar-refractivity contribution in [1.82, 2.24) is 0 Å². The van der Waals surface area contributed by atoms with Crippen molar-refractivity contribution in [3.8, 4) is 0 Å². The Hall–Kier alpha value is 0.238. The van der Waals surface area contributed by atoms with Gasteiger partial charge in [-0.15, -0.1) is 48.1 Å². The van der Waals surface area contributed by atoms with Crippen LogP contribution in [0.25, 0.3) is 10.6 Å². The smallest absolute Gasteiger partial charge is 0.148 e. The molecular formula is C34H68Cl2Mn3N4O12-2. The van der Waals surface area contributed by atoms with Gasteiger partial charge in [-0.2, -0.15) is 0 Å². The van der Waals surface area contributed by atoms with Crippen molar-refractivity contribution in [3.05, 3.63) is 34.6 Å². The number of rotatable bonds is 4. The quantitative estimate of drug-likeness (QED) is 0.0824. The van der Waals surface area contributed by atoms with Gasteiger partial charge in [-0.05, 0) is 72.4 Å². The third kappa shape index (κ3) is 54.2. The number of hydrogen-bond acceptors (Lipinski definition) is 14. The molecule has 2 saturated carbocycles. The Kier molecular flexibility index (Phi) is 61.7. The summed E-state index contributed by atoms with van der Waals surface area (Å²) in [7, 11) is 2.00. The largest absolute Gasteiger partial charge is 0.680 e. The van der Waals surface area contributed by atoms with Gasteiger partial charge in [0.2, 0.25) is 0 Å². The first-order valence-electron chi connectivity index (χ1n) is 17.2. The van der Waals surface area contributed by atoms with E-state index in [-0.39, 0.29) is 92.3 Å². The van der Waals surface area contributed by atoms with Crippen LogP contribution in [0.5, 0.6) is 0 Å². The summed E-state index contributed by atoms with van der Waals surface area (Å²) in [6.45, 7) is 6.78. The van der Waals surface area contributed by atoms with Gasteiger partial charge in [0.25, 0.3) is 0 Å². The van der Waals surface area contributed by atoms with Crippen molar-refractivity contribution in [1.29, 1.82) is 0 Å². The minimum atomic E-state index is -1.17. The molecular weight excluding hydrogens is 892 g/mol. The van der Waals surface area contributed by atoms with Gasteiger partial charge in [-0.1, -0.05) is 37.5 Å². The second-order valence-electron chi connectivity index (χ2n) is 11.5. The van der Waals surface area contributed by atoms with E-state index in [0.717, 1.165) is 71.4 Å². The maximum atomic E-state index is 9.81. The molecule has 333 valence electrons. The third-order valence-corrected chi connectivity index (χ3v) is 7.13. The number of nitrogens with zero attached hydrogens (tertiary/aromatic N) is 4. The van der Waals surface area contributed by atoms with E-state index in [1.165, 1.54) is 40.5 Å². The Morgan fingerprint density at radius 3 is 1.40 bits per heavy atom. The predicted molar refractivity (Wildman–Crippen MR) is 207 cm³/mol. The fourth-order valence-corrected chi connectivity index (χ4v) is 4.94. The Bertz CT molecular complexity index is 863. The molecule has 16 nitrogen and oxygen atoms in total. The van der Waals surface area contributed by atoms with E-state index < -0.39 is 25.2 Å². The number of alkyl halides is 2. The summed E-state index contributed by atoms with van der Waals surface area (Å²) < 4.78 is 0. The Labute approximate surface area is 369 Å². The summed E-state index contributed by atoms with van der Waals surface area (Å²) in [5.41, 5.74) is 0.867. The number of allylic oxidation sites excluding steroid dienone is 3. The fraction of sp³-hybridized carbons (Fsp3) is 0.824. The van der Waals surface area contributed by atoms with Crippen LogP contribution in [0.1, 0.15) is 85.5 Å². The van der Waals surface area contributed by atoms with Crippen LogP contribution in [0.3, 0.4) is 0 Å². The number of halogens is 2. The minimum absolute atomic E-state index is 0. The molecule has 2 aliphatic carbocycles. The molecule has 21 heteroatoms. The molecule has 55 heavy (non-hydrogen) atoms. The second-order valence-corrected chi connectivity index (χ2v) is 12.8. The molecule has 7 atom stereocenters. The summed E-state index contributed by atoms with van der Waals surface area (Å²) in [5, 5.41) is 104. The first-order valence-corrected chi connectivity index (χ1v) is 18.1. The van der Waals surface area contributed by atoms with Crippen LogP contribution in [0.15, 0.2) is 33.9 Å². The molecule has 4 aliphatic rings. The average molecular weight is 961 g/mol. The second kappa shape index (κ2) is 48.6. The van der Waals surface area contributed by atoms with Gasteiger partial charge in [0.15, 0.2) is 0 Å². The number of piperidine rings is 1. The van der Waals surface area contributed by atoms with E-state index in [1.54, 1.807) is 6.21 Å². The van der Waals surface area contributed by atoms with Gasteiger partial charge < -0.3 is 71.9 Å². The summed E-state index contributed by atoms with van der Waals surface area (Å²) >= 11 is 12.2. The first-order chi connectivity index (χ1) is 24.4. The van der Waals surface area contributed by atoms with Crippen LogP contribution in [0.4, 0.5) is 0 Å². The molecule has 0 aromatic carbocycles. The van der Waals surface area contributed by atoms with Gasteiger partial charge in [-0.3, -0.25) is 9.98 Å². The topological polar surface area (TPSA) is 296 Å². The SMILES string of the molecule is CC(O)O.CC(O)O.CC(O)O.CC(O)O.CO.CO.OC1CCC(Cl)CC1N=CC1=CC=CC[N-]1.OC1CCC(Cl)CC1N=CC1CCCC[N-]1.[Mn].[Mn].[Mn]. The summed E-state index contributed by atoms with van der Waals surface area (Å²) in [5.74, 6) is 0. The maximum Gasteiger partial charge on any atom is 0.148 e.